The predicted octanol–water partition coefficient (Wildman–Crippen LogP) is 3.90. The summed E-state index contributed by atoms with van der Waals surface area (Å²) >= 11 is 2.56. The number of hydrogen-bond acceptors (Lipinski definition) is 7. The van der Waals surface area contributed by atoms with Crippen molar-refractivity contribution in [3.63, 3.8) is 0 Å². The summed E-state index contributed by atoms with van der Waals surface area (Å²) in [7, 11) is 1.60. The van der Waals surface area contributed by atoms with Crippen LogP contribution in [-0.2, 0) is 4.79 Å². The van der Waals surface area contributed by atoms with Crippen LogP contribution in [0.15, 0.2) is 75.0 Å². The topological polar surface area (TPSA) is 96.4 Å². The maximum absolute atomic E-state index is 12.6. The molecule has 1 amide bonds. The fraction of sp³-hybridized carbons (Fsp3) is 0.0909. The molecule has 4 aromatic rings. The van der Waals surface area contributed by atoms with Gasteiger partial charge in [0.25, 0.3) is 11.5 Å². The second-order valence-electron chi connectivity index (χ2n) is 6.42. The Morgan fingerprint density at radius 2 is 2.00 bits per heavy atom. The number of methoxy groups -OCH3 is 1. The van der Waals surface area contributed by atoms with Gasteiger partial charge in [-0.15, -0.1) is 11.3 Å². The van der Waals surface area contributed by atoms with Crippen molar-refractivity contribution in [3.05, 3.63) is 75.9 Å². The monoisotopic (exact) mass is 450 g/mol. The zero-order valence-corrected chi connectivity index (χ0v) is 18.1. The van der Waals surface area contributed by atoms with Gasteiger partial charge in [-0.2, -0.15) is 5.10 Å². The van der Waals surface area contributed by atoms with Crippen molar-refractivity contribution >= 4 is 45.4 Å². The lowest BCUT2D eigenvalue weighted by Gasteiger charge is -2.02. The normalized spacial score (nSPS) is 11.1. The molecule has 2 aromatic heterocycles. The van der Waals surface area contributed by atoms with Gasteiger partial charge in [0.15, 0.2) is 5.16 Å². The molecule has 7 nitrogen and oxygen atoms in total. The van der Waals surface area contributed by atoms with Gasteiger partial charge >= 0.3 is 0 Å². The number of hydrazone groups is 1. The molecule has 0 radical (unpaired) electrons. The minimum absolute atomic E-state index is 0.0747. The predicted molar refractivity (Wildman–Crippen MR) is 125 cm³/mol. The molecular weight excluding hydrogens is 432 g/mol. The van der Waals surface area contributed by atoms with Gasteiger partial charge in [-0.05, 0) is 35.4 Å². The molecule has 0 aliphatic rings. The van der Waals surface area contributed by atoms with E-state index in [1.165, 1.54) is 11.3 Å². The summed E-state index contributed by atoms with van der Waals surface area (Å²) in [6.07, 6.45) is 1.55. The minimum Gasteiger partial charge on any atom is -0.497 e. The Balaban J connectivity index is 1.39. The van der Waals surface area contributed by atoms with E-state index in [0.717, 1.165) is 34.2 Å². The number of nitrogens with zero attached hydrogens (tertiary/aromatic N) is 2. The van der Waals surface area contributed by atoms with Crippen molar-refractivity contribution in [1.82, 2.24) is 15.4 Å². The SMILES string of the molecule is COc1ccc(/C=N/NC(=O)CSc2nc3scc(-c4ccccc4)c3c(=O)[nH]2)cc1. The van der Waals surface area contributed by atoms with E-state index in [2.05, 4.69) is 20.5 Å². The van der Waals surface area contributed by atoms with Crippen LogP contribution in [0, 0.1) is 0 Å². The van der Waals surface area contributed by atoms with E-state index in [4.69, 9.17) is 4.74 Å². The average molecular weight is 451 g/mol. The van der Waals surface area contributed by atoms with E-state index < -0.39 is 0 Å². The smallest absolute Gasteiger partial charge is 0.260 e. The van der Waals surface area contributed by atoms with Gasteiger partial charge < -0.3 is 9.72 Å². The number of H-pyrrole nitrogens is 1. The molecule has 0 fully saturated rings. The summed E-state index contributed by atoms with van der Waals surface area (Å²) in [5.74, 6) is 0.525. The molecule has 2 aromatic carbocycles. The number of benzene rings is 2. The van der Waals surface area contributed by atoms with Crippen LogP contribution in [0.2, 0.25) is 0 Å². The summed E-state index contributed by atoms with van der Waals surface area (Å²) in [5.41, 5.74) is 4.91. The third kappa shape index (κ3) is 5.01. The first-order valence-electron chi connectivity index (χ1n) is 9.30. The van der Waals surface area contributed by atoms with E-state index in [0.29, 0.717) is 15.4 Å². The van der Waals surface area contributed by atoms with Crippen LogP contribution in [0.5, 0.6) is 5.75 Å². The zero-order valence-electron chi connectivity index (χ0n) is 16.5. The molecule has 2 heterocycles. The van der Waals surface area contributed by atoms with Crippen LogP contribution >= 0.6 is 23.1 Å². The number of amides is 1. The van der Waals surface area contributed by atoms with Crippen molar-refractivity contribution in [3.8, 4) is 16.9 Å². The number of aromatic amines is 1. The molecule has 0 aliphatic heterocycles. The van der Waals surface area contributed by atoms with Gasteiger partial charge in [0.05, 0.1) is 24.5 Å². The first-order valence-corrected chi connectivity index (χ1v) is 11.2. The lowest BCUT2D eigenvalue weighted by Crippen LogP contribution is -2.20. The van der Waals surface area contributed by atoms with E-state index in [1.54, 1.807) is 13.3 Å². The number of rotatable bonds is 7. The fourth-order valence-electron chi connectivity index (χ4n) is 2.86. The highest BCUT2D eigenvalue weighted by Crippen LogP contribution is 2.31. The Kier molecular flexibility index (Phi) is 6.44. The lowest BCUT2D eigenvalue weighted by molar-refractivity contribution is -0.118. The highest BCUT2D eigenvalue weighted by atomic mass is 32.2. The van der Waals surface area contributed by atoms with Crippen LogP contribution < -0.4 is 15.7 Å². The maximum atomic E-state index is 12.6. The third-order valence-corrected chi connectivity index (χ3v) is 6.11. The van der Waals surface area contributed by atoms with Crippen molar-refractivity contribution in [1.29, 1.82) is 0 Å². The summed E-state index contributed by atoms with van der Waals surface area (Å²) in [6.45, 7) is 0. The first-order chi connectivity index (χ1) is 15.1. The molecule has 0 saturated carbocycles. The highest BCUT2D eigenvalue weighted by Gasteiger charge is 2.13. The molecule has 0 bridgehead atoms. The van der Waals surface area contributed by atoms with Crippen LogP contribution in [-0.4, -0.2) is 35.0 Å². The van der Waals surface area contributed by atoms with E-state index >= 15 is 0 Å². The van der Waals surface area contributed by atoms with Gasteiger partial charge in [0.1, 0.15) is 10.6 Å². The average Bonchev–Trinajstić information content (AvgIpc) is 3.23. The van der Waals surface area contributed by atoms with Gasteiger partial charge in [0.2, 0.25) is 0 Å². The number of thiophene rings is 1. The van der Waals surface area contributed by atoms with E-state index in [9.17, 15) is 9.59 Å². The van der Waals surface area contributed by atoms with Crippen LogP contribution in [0.25, 0.3) is 21.3 Å². The largest absolute Gasteiger partial charge is 0.497 e. The standard InChI is InChI=1S/C22H18N4O3S2/c1-29-16-9-7-14(8-10-16)11-23-26-18(27)13-31-22-24-20(28)19-17(12-30-21(19)25-22)15-5-3-2-4-6-15/h2-12H,13H2,1H3,(H,26,27)(H,24,25,28)/b23-11+. The second-order valence-corrected chi connectivity index (χ2v) is 8.24. The van der Waals surface area contributed by atoms with E-state index in [-0.39, 0.29) is 17.2 Å². The van der Waals surface area contributed by atoms with Gasteiger partial charge in [-0.3, -0.25) is 9.59 Å². The molecule has 0 atom stereocenters. The Labute approximate surface area is 186 Å². The third-order valence-electron chi connectivity index (χ3n) is 4.37. The van der Waals surface area contributed by atoms with Gasteiger partial charge in [0, 0.05) is 10.9 Å². The number of ether oxygens (including phenoxy) is 1. The second kappa shape index (κ2) is 9.59. The summed E-state index contributed by atoms with van der Waals surface area (Å²) in [5, 5.41) is 6.83. The van der Waals surface area contributed by atoms with Crippen LogP contribution in [0.4, 0.5) is 0 Å². The Morgan fingerprint density at radius 3 is 2.74 bits per heavy atom. The lowest BCUT2D eigenvalue weighted by atomic mass is 10.1. The first kappa shape index (κ1) is 20.8. The van der Waals surface area contributed by atoms with Crippen LogP contribution in [0.1, 0.15) is 5.56 Å². The Hall–Kier alpha value is -3.43. The van der Waals surface area contributed by atoms with Crippen molar-refractivity contribution in [2.45, 2.75) is 5.16 Å². The molecule has 9 heteroatoms. The molecule has 0 unspecified atom stereocenters. The van der Waals surface area contributed by atoms with Crippen molar-refractivity contribution in [2.75, 3.05) is 12.9 Å². The highest BCUT2D eigenvalue weighted by molar-refractivity contribution is 7.99. The molecule has 31 heavy (non-hydrogen) atoms. The molecular formula is C22H18N4O3S2. The molecule has 156 valence electrons. The molecule has 4 rings (SSSR count). The molecule has 0 saturated heterocycles. The van der Waals surface area contributed by atoms with E-state index in [1.807, 2.05) is 60.0 Å². The van der Waals surface area contributed by atoms with Crippen molar-refractivity contribution < 1.29 is 9.53 Å². The zero-order chi connectivity index (χ0) is 21.6. The number of hydrogen-bond donors (Lipinski definition) is 2. The Morgan fingerprint density at radius 1 is 1.23 bits per heavy atom. The Bertz CT molecular complexity index is 1280. The van der Waals surface area contributed by atoms with Crippen molar-refractivity contribution in [2.24, 2.45) is 5.10 Å². The number of carbonyl (C=O) groups is 1. The van der Waals surface area contributed by atoms with Crippen LogP contribution in [0.3, 0.4) is 0 Å². The molecule has 0 aliphatic carbocycles. The molecule has 0 spiro atoms. The number of nitrogens with one attached hydrogen (secondary N) is 2. The van der Waals surface area contributed by atoms with Gasteiger partial charge in [-0.25, -0.2) is 10.4 Å². The number of carbonyl (C=O) groups excluding carboxylic acids is 1. The number of aromatic nitrogens is 2. The quantitative estimate of drug-likeness (QED) is 0.193. The maximum Gasteiger partial charge on any atom is 0.260 e. The molecule has 2 N–H and O–H groups in total. The summed E-state index contributed by atoms with van der Waals surface area (Å²) < 4.78 is 5.10. The van der Waals surface area contributed by atoms with Gasteiger partial charge in [-0.1, -0.05) is 42.1 Å². The fourth-order valence-corrected chi connectivity index (χ4v) is 4.52. The minimum atomic E-state index is -0.298. The number of thioether (sulfide) groups is 1. The summed E-state index contributed by atoms with van der Waals surface area (Å²) in [6, 6.07) is 17.0. The summed E-state index contributed by atoms with van der Waals surface area (Å²) in [4.78, 5) is 32.6. The number of fused-ring (bicyclic) bond motifs is 1.